The van der Waals surface area contributed by atoms with Crippen LogP contribution in [-0.4, -0.2) is 26.1 Å². The third kappa shape index (κ3) is 3.12. The van der Waals surface area contributed by atoms with Crippen molar-refractivity contribution in [2.75, 3.05) is 14.2 Å². The molecule has 0 fully saturated rings. The van der Waals surface area contributed by atoms with Crippen molar-refractivity contribution in [1.29, 1.82) is 0 Å². The molecular formula is C18H14FNO4. The smallest absolute Gasteiger partial charge is 0.363 e. The second-order valence-electron chi connectivity index (χ2n) is 4.95. The first-order valence-electron chi connectivity index (χ1n) is 7.11. The first kappa shape index (κ1) is 15.7. The van der Waals surface area contributed by atoms with Crippen molar-refractivity contribution in [2.24, 2.45) is 4.99 Å². The largest absolute Gasteiger partial charge is 0.497 e. The molecule has 3 rings (SSSR count). The van der Waals surface area contributed by atoms with Gasteiger partial charge in [0, 0.05) is 11.1 Å². The molecule has 0 aromatic heterocycles. The van der Waals surface area contributed by atoms with Gasteiger partial charge in [-0.15, -0.1) is 0 Å². The summed E-state index contributed by atoms with van der Waals surface area (Å²) >= 11 is 0. The van der Waals surface area contributed by atoms with E-state index in [0.29, 0.717) is 22.6 Å². The highest BCUT2D eigenvalue weighted by molar-refractivity contribution is 6.13. The Morgan fingerprint density at radius 3 is 2.50 bits per heavy atom. The number of esters is 1. The zero-order valence-electron chi connectivity index (χ0n) is 13.1. The fourth-order valence-corrected chi connectivity index (χ4v) is 2.23. The van der Waals surface area contributed by atoms with E-state index in [4.69, 9.17) is 14.2 Å². The molecule has 0 amide bonds. The fraction of sp³-hybridized carbons (Fsp3) is 0.111. The third-order valence-electron chi connectivity index (χ3n) is 3.44. The van der Waals surface area contributed by atoms with Crippen molar-refractivity contribution < 1.29 is 23.4 Å². The van der Waals surface area contributed by atoms with E-state index in [1.165, 1.54) is 31.4 Å². The maximum absolute atomic E-state index is 13.4. The summed E-state index contributed by atoms with van der Waals surface area (Å²) in [5.41, 5.74) is 1.12. The highest BCUT2D eigenvalue weighted by atomic mass is 19.1. The Morgan fingerprint density at radius 2 is 1.83 bits per heavy atom. The molecule has 0 saturated heterocycles. The molecule has 2 aromatic rings. The van der Waals surface area contributed by atoms with Crippen molar-refractivity contribution in [3.8, 4) is 11.5 Å². The number of ether oxygens (including phenoxy) is 3. The lowest BCUT2D eigenvalue weighted by molar-refractivity contribution is -0.129. The van der Waals surface area contributed by atoms with E-state index < -0.39 is 11.8 Å². The van der Waals surface area contributed by atoms with Gasteiger partial charge in [0.25, 0.3) is 0 Å². The summed E-state index contributed by atoms with van der Waals surface area (Å²) in [6.45, 7) is 0. The number of methoxy groups -OCH3 is 2. The minimum Gasteiger partial charge on any atom is -0.497 e. The number of hydrogen-bond donors (Lipinski definition) is 0. The van der Waals surface area contributed by atoms with Crippen LogP contribution in [0.4, 0.5) is 4.39 Å². The number of carbonyl (C=O) groups excluding carboxylic acids is 1. The fourth-order valence-electron chi connectivity index (χ4n) is 2.23. The molecule has 0 aliphatic carbocycles. The molecule has 24 heavy (non-hydrogen) atoms. The second-order valence-corrected chi connectivity index (χ2v) is 4.95. The van der Waals surface area contributed by atoms with Crippen molar-refractivity contribution in [3.05, 3.63) is 65.1 Å². The number of benzene rings is 2. The van der Waals surface area contributed by atoms with Crippen LogP contribution in [0.25, 0.3) is 6.08 Å². The number of rotatable bonds is 4. The van der Waals surface area contributed by atoms with Gasteiger partial charge in [0.15, 0.2) is 5.70 Å². The first-order valence-corrected chi connectivity index (χ1v) is 7.11. The standard InChI is InChI=1S/C18H14FNO4/c1-22-14-6-3-11(4-7-14)17-20-15(18(21)24-17)10-12-9-13(19)5-8-16(12)23-2/h3-10H,1-2H3/b15-10+. The molecule has 0 bridgehead atoms. The van der Waals surface area contributed by atoms with E-state index in [9.17, 15) is 9.18 Å². The molecule has 0 radical (unpaired) electrons. The molecule has 1 heterocycles. The zero-order valence-corrected chi connectivity index (χ0v) is 13.1. The van der Waals surface area contributed by atoms with Gasteiger partial charge in [-0.2, -0.15) is 0 Å². The van der Waals surface area contributed by atoms with E-state index in [2.05, 4.69) is 4.99 Å². The number of hydrogen-bond acceptors (Lipinski definition) is 5. The predicted octanol–water partition coefficient (Wildman–Crippen LogP) is 3.19. The SMILES string of the molecule is COc1ccc(C2=N/C(=C/c3cc(F)ccc3OC)C(=O)O2)cc1. The summed E-state index contributed by atoms with van der Waals surface area (Å²) < 4.78 is 28.8. The summed E-state index contributed by atoms with van der Waals surface area (Å²) in [5.74, 6) is 0.263. The lowest BCUT2D eigenvalue weighted by Crippen LogP contribution is -2.05. The van der Waals surface area contributed by atoms with Gasteiger partial charge >= 0.3 is 5.97 Å². The predicted molar refractivity (Wildman–Crippen MR) is 86.6 cm³/mol. The molecule has 6 heteroatoms. The topological polar surface area (TPSA) is 57.1 Å². The van der Waals surface area contributed by atoms with Crippen LogP contribution in [0.1, 0.15) is 11.1 Å². The van der Waals surface area contributed by atoms with Crippen LogP contribution in [0.2, 0.25) is 0 Å². The van der Waals surface area contributed by atoms with Crippen LogP contribution in [0, 0.1) is 5.82 Å². The Hall–Kier alpha value is -3.15. The third-order valence-corrected chi connectivity index (χ3v) is 3.44. The minimum absolute atomic E-state index is 0.0738. The van der Waals surface area contributed by atoms with Gasteiger partial charge in [0.05, 0.1) is 14.2 Å². The number of nitrogens with zero attached hydrogens (tertiary/aromatic N) is 1. The first-order chi connectivity index (χ1) is 11.6. The molecule has 0 saturated carbocycles. The van der Waals surface area contributed by atoms with Crippen molar-refractivity contribution in [2.45, 2.75) is 0 Å². The maximum Gasteiger partial charge on any atom is 0.363 e. The van der Waals surface area contributed by atoms with Gasteiger partial charge in [-0.25, -0.2) is 14.2 Å². The van der Waals surface area contributed by atoms with Crippen LogP contribution < -0.4 is 9.47 Å². The number of aliphatic imine (C=N–C) groups is 1. The summed E-state index contributed by atoms with van der Waals surface area (Å²) in [6.07, 6.45) is 1.43. The van der Waals surface area contributed by atoms with Crippen LogP contribution in [0.5, 0.6) is 11.5 Å². The highest BCUT2D eigenvalue weighted by Gasteiger charge is 2.24. The lowest BCUT2D eigenvalue weighted by Gasteiger charge is -2.04. The Labute approximate surface area is 138 Å². The molecule has 1 aliphatic heterocycles. The van der Waals surface area contributed by atoms with Gasteiger partial charge in [0.1, 0.15) is 17.3 Å². The molecule has 5 nitrogen and oxygen atoms in total. The molecule has 0 atom stereocenters. The van der Waals surface area contributed by atoms with Gasteiger partial charge in [-0.05, 0) is 48.5 Å². The molecular weight excluding hydrogens is 313 g/mol. The van der Waals surface area contributed by atoms with Crippen LogP contribution in [0.15, 0.2) is 53.2 Å². The van der Waals surface area contributed by atoms with Crippen molar-refractivity contribution in [3.63, 3.8) is 0 Å². The molecule has 0 N–H and O–H groups in total. The average Bonchev–Trinajstić information content (AvgIpc) is 2.96. The van der Waals surface area contributed by atoms with Gasteiger partial charge in [-0.3, -0.25) is 0 Å². The molecule has 1 aliphatic rings. The van der Waals surface area contributed by atoms with Crippen LogP contribution in [-0.2, 0) is 9.53 Å². The summed E-state index contributed by atoms with van der Waals surface area (Å²) in [4.78, 5) is 16.2. The van der Waals surface area contributed by atoms with E-state index in [0.717, 1.165) is 0 Å². The monoisotopic (exact) mass is 327 g/mol. The van der Waals surface area contributed by atoms with E-state index in [1.807, 2.05) is 0 Å². The van der Waals surface area contributed by atoms with Crippen LogP contribution in [0.3, 0.4) is 0 Å². The normalized spacial score (nSPS) is 15.2. The lowest BCUT2D eigenvalue weighted by atomic mass is 10.1. The van der Waals surface area contributed by atoms with Crippen molar-refractivity contribution in [1.82, 2.24) is 0 Å². The van der Waals surface area contributed by atoms with E-state index in [-0.39, 0.29) is 11.6 Å². The van der Waals surface area contributed by atoms with Gasteiger partial charge in [0.2, 0.25) is 5.90 Å². The Balaban J connectivity index is 1.95. The Kier molecular flexibility index (Phi) is 4.29. The quantitative estimate of drug-likeness (QED) is 0.639. The Bertz CT molecular complexity index is 841. The summed E-state index contributed by atoms with van der Waals surface area (Å²) in [6, 6.07) is 11.0. The Morgan fingerprint density at radius 1 is 1.08 bits per heavy atom. The number of cyclic esters (lactones) is 1. The summed E-state index contributed by atoms with van der Waals surface area (Å²) in [7, 11) is 3.03. The number of halogens is 1. The van der Waals surface area contributed by atoms with Gasteiger partial charge < -0.3 is 14.2 Å². The highest BCUT2D eigenvalue weighted by Crippen LogP contribution is 2.25. The average molecular weight is 327 g/mol. The maximum atomic E-state index is 13.4. The van der Waals surface area contributed by atoms with Gasteiger partial charge in [-0.1, -0.05) is 0 Å². The number of carbonyl (C=O) groups is 1. The molecule has 2 aromatic carbocycles. The second kappa shape index (κ2) is 6.54. The van der Waals surface area contributed by atoms with E-state index >= 15 is 0 Å². The zero-order chi connectivity index (χ0) is 17.1. The minimum atomic E-state index is -0.605. The summed E-state index contributed by atoms with van der Waals surface area (Å²) in [5, 5.41) is 0. The molecule has 0 unspecified atom stereocenters. The van der Waals surface area contributed by atoms with Crippen LogP contribution >= 0.6 is 0 Å². The van der Waals surface area contributed by atoms with E-state index in [1.54, 1.807) is 31.4 Å². The molecule has 0 spiro atoms. The molecule has 122 valence electrons. The van der Waals surface area contributed by atoms with Crippen molar-refractivity contribution >= 4 is 17.9 Å².